The number of aliphatic hydroxyl groups is 1. The zero-order valence-electron chi connectivity index (χ0n) is 21.2. The van der Waals surface area contributed by atoms with E-state index in [1.807, 2.05) is 0 Å². The van der Waals surface area contributed by atoms with E-state index in [1.54, 1.807) is 61.5 Å². The number of hydrogen-bond donors (Lipinski definition) is 1. The Morgan fingerprint density at radius 1 is 1.03 bits per heavy atom. The van der Waals surface area contributed by atoms with Crippen molar-refractivity contribution in [3.05, 3.63) is 12.7 Å². The highest BCUT2D eigenvalue weighted by Crippen LogP contribution is 2.23. The van der Waals surface area contributed by atoms with Gasteiger partial charge in [-0.25, -0.2) is 14.4 Å². The van der Waals surface area contributed by atoms with E-state index in [2.05, 4.69) is 6.58 Å². The van der Waals surface area contributed by atoms with E-state index in [0.29, 0.717) is 4.90 Å². The number of esters is 1. The zero-order chi connectivity index (χ0) is 25.8. The van der Waals surface area contributed by atoms with Crippen molar-refractivity contribution in [2.45, 2.75) is 103 Å². The van der Waals surface area contributed by atoms with Crippen LogP contribution in [0, 0.1) is 0 Å². The van der Waals surface area contributed by atoms with Gasteiger partial charge in [-0.3, -0.25) is 0 Å². The molecule has 0 saturated carbocycles. The molecule has 4 atom stereocenters. The summed E-state index contributed by atoms with van der Waals surface area (Å²) in [5.41, 5.74) is -2.68. The molecule has 0 spiro atoms. The van der Waals surface area contributed by atoms with Gasteiger partial charge in [0.2, 0.25) is 0 Å². The lowest BCUT2D eigenvalue weighted by Crippen LogP contribution is -2.54. The number of imide groups is 1. The molecule has 1 heterocycles. The largest absolute Gasteiger partial charge is 0.458 e. The van der Waals surface area contributed by atoms with Crippen LogP contribution in [0.2, 0.25) is 0 Å². The first kappa shape index (κ1) is 28.9. The number of hydrogen-bond acceptors (Lipinski definition) is 9. The first-order chi connectivity index (χ1) is 14.9. The first-order valence-corrected chi connectivity index (χ1v) is 10.9. The third kappa shape index (κ3) is 9.30. The minimum Gasteiger partial charge on any atom is -0.458 e. The van der Waals surface area contributed by atoms with Crippen molar-refractivity contribution in [2.75, 3.05) is 13.2 Å². The number of cyclic esters (lactones) is 1. The third-order valence-electron chi connectivity index (χ3n) is 4.43. The Kier molecular flexibility index (Phi) is 9.48. The van der Waals surface area contributed by atoms with Gasteiger partial charge >= 0.3 is 18.2 Å². The number of aliphatic hydroxyl groups excluding tert-OH is 1. The van der Waals surface area contributed by atoms with Gasteiger partial charge in [-0.05, 0) is 62.3 Å². The Balaban J connectivity index is 3.27. The highest BCUT2D eigenvalue weighted by Gasteiger charge is 2.44. The first-order valence-electron chi connectivity index (χ1n) is 10.9. The monoisotopic (exact) mass is 473 g/mol. The van der Waals surface area contributed by atoms with Crippen LogP contribution in [-0.2, 0) is 28.5 Å². The Morgan fingerprint density at radius 2 is 1.52 bits per heavy atom. The maximum absolute atomic E-state index is 13.0. The summed E-state index contributed by atoms with van der Waals surface area (Å²) in [6.45, 7) is 17.9. The van der Waals surface area contributed by atoms with Gasteiger partial charge in [-0.15, -0.1) is 6.58 Å². The van der Waals surface area contributed by atoms with Gasteiger partial charge in [0.25, 0.3) is 0 Å². The van der Waals surface area contributed by atoms with Crippen molar-refractivity contribution in [2.24, 2.45) is 0 Å². The molecule has 10 nitrogen and oxygen atoms in total. The lowest BCUT2D eigenvalue weighted by atomic mass is 10.1. The Morgan fingerprint density at radius 3 is 1.94 bits per heavy atom. The molecule has 4 unspecified atom stereocenters. The maximum Gasteiger partial charge on any atom is 0.420 e. The quantitative estimate of drug-likeness (QED) is 0.373. The van der Waals surface area contributed by atoms with Crippen molar-refractivity contribution in [3.63, 3.8) is 0 Å². The number of ether oxygens (including phenoxy) is 5. The van der Waals surface area contributed by atoms with Gasteiger partial charge in [-0.2, -0.15) is 4.90 Å². The van der Waals surface area contributed by atoms with Crippen molar-refractivity contribution in [1.29, 1.82) is 0 Å². The van der Waals surface area contributed by atoms with E-state index in [0.717, 1.165) is 0 Å². The van der Waals surface area contributed by atoms with Gasteiger partial charge in [0.15, 0.2) is 6.04 Å². The molecule has 2 amide bonds. The topological polar surface area (TPSA) is 121 Å². The van der Waals surface area contributed by atoms with E-state index < -0.39 is 65.9 Å². The predicted molar refractivity (Wildman–Crippen MR) is 120 cm³/mol. The highest BCUT2D eigenvalue weighted by atomic mass is 16.6. The fourth-order valence-electron chi connectivity index (χ4n) is 2.77. The van der Waals surface area contributed by atoms with Gasteiger partial charge in [0, 0.05) is 0 Å². The van der Waals surface area contributed by atoms with E-state index in [9.17, 15) is 19.5 Å². The molecule has 190 valence electrons. The van der Waals surface area contributed by atoms with Crippen LogP contribution >= 0.6 is 0 Å². The third-order valence-corrected chi connectivity index (χ3v) is 4.43. The Labute approximate surface area is 196 Å². The molecule has 0 radical (unpaired) electrons. The minimum atomic E-state index is -1.50. The summed E-state index contributed by atoms with van der Waals surface area (Å²) in [5.74, 6) is -0.957. The second kappa shape index (κ2) is 10.8. The molecule has 0 bridgehead atoms. The number of amides is 2. The van der Waals surface area contributed by atoms with Crippen molar-refractivity contribution >= 4 is 18.2 Å². The highest BCUT2D eigenvalue weighted by molar-refractivity contribution is 5.94. The molecular formula is C23H39NO9. The molecule has 0 aromatic carbocycles. The van der Waals surface area contributed by atoms with Crippen LogP contribution in [0.25, 0.3) is 0 Å². The molecule has 0 aromatic heterocycles. The van der Waals surface area contributed by atoms with Crippen LogP contribution < -0.4 is 0 Å². The molecule has 1 N–H and O–H groups in total. The molecule has 0 aromatic rings. The van der Waals surface area contributed by atoms with Crippen LogP contribution in [-0.4, -0.2) is 82.5 Å². The van der Waals surface area contributed by atoms with Crippen molar-refractivity contribution < 1.29 is 43.2 Å². The number of carbonyl (C=O) groups is 3. The van der Waals surface area contributed by atoms with E-state index in [4.69, 9.17) is 23.7 Å². The van der Waals surface area contributed by atoms with E-state index in [1.165, 1.54) is 6.92 Å². The molecule has 33 heavy (non-hydrogen) atoms. The van der Waals surface area contributed by atoms with Crippen LogP contribution in [0.15, 0.2) is 12.7 Å². The summed E-state index contributed by atoms with van der Waals surface area (Å²) in [4.78, 5) is 39.3. The fraction of sp³-hybridized carbons (Fsp3) is 0.783. The summed E-state index contributed by atoms with van der Waals surface area (Å²) < 4.78 is 27.5. The van der Waals surface area contributed by atoms with Gasteiger partial charge in [0.1, 0.15) is 29.5 Å². The van der Waals surface area contributed by atoms with Crippen LogP contribution in [0.1, 0.15) is 62.3 Å². The predicted octanol–water partition coefficient (Wildman–Crippen LogP) is 3.20. The van der Waals surface area contributed by atoms with Gasteiger partial charge < -0.3 is 28.8 Å². The standard InChI is InChI=1S/C23H39NO9/c1-11-23(9,10)31-16-13-29-12-15(18(26)30-14(2)17(16)25)24(19(27)32-21(3,4)5)20(28)33-22(6,7)8/h11,14-17,25H,1,12-13H2,2-10H3. The number of rotatable bonds is 4. The van der Waals surface area contributed by atoms with E-state index >= 15 is 0 Å². The smallest absolute Gasteiger partial charge is 0.420 e. The fourth-order valence-corrected chi connectivity index (χ4v) is 2.77. The maximum atomic E-state index is 13.0. The Bertz CT molecular complexity index is 692. The van der Waals surface area contributed by atoms with Gasteiger partial charge in [0.05, 0.1) is 18.8 Å². The summed E-state index contributed by atoms with van der Waals surface area (Å²) in [6, 6.07) is -1.50. The second-order valence-corrected chi connectivity index (χ2v) is 10.5. The average molecular weight is 474 g/mol. The summed E-state index contributed by atoms with van der Waals surface area (Å²) in [7, 11) is 0. The summed E-state index contributed by atoms with van der Waals surface area (Å²) >= 11 is 0. The SMILES string of the molecule is C=CC(C)(C)OC1COCC(N(C(=O)OC(C)(C)C)C(=O)OC(C)(C)C)C(=O)OC(C)C1O. The normalized spacial score (nSPS) is 25.1. The minimum absolute atomic E-state index is 0.133. The average Bonchev–Trinajstić information content (AvgIpc) is 2.65. The molecule has 1 aliphatic heterocycles. The van der Waals surface area contributed by atoms with Crippen LogP contribution in [0.3, 0.4) is 0 Å². The molecular weight excluding hydrogens is 434 g/mol. The molecule has 0 aliphatic carbocycles. The lowest BCUT2D eigenvalue weighted by molar-refractivity contribution is -0.169. The molecule has 1 saturated heterocycles. The Hall–Kier alpha value is -2.17. The zero-order valence-corrected chi connectivity index (χ0v) is 21.2. The summed E-state index contributed by atoms with van der Waals surface area (Å²) in [5, 5.41) is 10.7. The van der Waals surface area contributed by atoms with Crippen LogP contribution in [0.4, 0.5) is 9.59 Å². The second-order valence-electron chi connectivity index (χ2n) is 10.5. The lowest BCUT2D eigenvalue weighted by Gasteiger charge is -2.32. The summed E-state index contributed by atoms with van der Waals surface area (Å²) in [6.07, 6.45) is -3.73. The molecule has 1 fully saturated rings. The number of nitrogens with zero attached hydrogens (tertiary/aromatic N) is 1. The molecule has 10 heteroatoms. The molecule has 1 rings (SSSR count). The van der Waals surface area contributed by atoms with Crippen LogP contribution in [0.5, 0.6) is 0 Å². The van der Waals surface area contributed by atoms with Gasteiger partial charge in [-0.1, -0.05) is 6.08 Å². The van der Waals surface area contributed by atoms with Crippen molar-refractivity contribution in [1.82, 2.24) is 4.90 Å². The van der Waals surface area contributed by atoms with Crippen molar-refractivity contribution in [3.8, 4) is 0 Å². The van der Waals surface area contributed by atoms with E-state index in [-0.39, 0.29) is 6.61 Å². The number of carbonyl (C=O) groups excluding carboxylic acids is 3. The molecule has 1 aliphatic rings.